The van der Waals surface area contributed by atoms with Crippen molar-refractivity contribution in [2.24, 2.45) is 0 Å². The first-order chi connectivity index (χ1) is 4.66. The van der Waals surface area contributed by atoms with Gasteiger partial charge in [0.2, 0.25) is 0 Å². The van der Waals surface area contributed by atoms with E-state index in [0.717, 1.165) is 0 Å². The molecule has 11 heavy (non-hydrogen) atoms. The molecule has 1 aliphatic heterocycles. The van der Waals surface area contributed by atoms with Gasteiger partial charge in [0.15, 0.2) is 6.29 Å². The number of aliphatic hydroxyl groups excluding tert-OH is 4. The van der Waals surface area contributed by atoms with E-state index >= 15 is 0 Å². The van der Waals surface area contributed by atoms with Crippen LogP contribution in [0.1, 0.15) is 0 Å². The van der Waals surface area contributed by atoms with Crippen molar-refractivity contribution < 1.29 is 25.2 Å². The Balaban J connectivity index is 0.000001000. The van der Waals surface area contributed by atoms with E-state index in [-0.39, 0.29) is 12.4 Å². The van der Waals surface area contributed by atoms with E-state index in [1.54, 1.807) is 0 Å². The second-order valence-corrected chi connectivity index (χ2v) is 2.23. The van der Waals surface area contributed by atoms with Crippen molar-refractivity contribution in [3.63, 3.8) is 0 Å². The number of ether oxygens (including phenoxy) is 1. The van der Waals surface area contributed by atoms with Gasteiger partial charge in [-0.15, -0.1) is 12.4 Å². The van der Waals surface area contributed by atoms with Crippen molar-refractivity contribution in [2.45, 2.75) is 24.6 Å². The van der Waals surface area contributed by atoms with E-state index in [2.05, 4.69) is 4.74 Å². The smallest absolute Gasteiger partial charge is 0.184 e. The second kappa shape index (κ2) is 4.20. The third-order valence-electron chi connectivity index (χ3n) is 1.52. The predicted molar refractivity (Wildman–Crippen MR) is 37.2 cm³/mol. The highest BCUT2D eigenvalue weighted by Crippen LogP contribution is 2.18. The van der Waals surface area contributed by atoms with Crippen LogP contribution in [0, 0.1) is 0 Å². The molecule has 0 saturated carbocycles. The number of halogens is 1. The predicted octanol–water partition coefficient (Wildman–Crippen LogP) is -2.16. The summed E-state index contributed by atoms with van der Waals surface area (Å²) in [4.78, 5) is 0. The van der Waals surface area contributed by atoms with Crippen LogP contribution in [0.2, 0.25) is 0 Å². The van der Waals surface area contributed by atoms with Gasteiger partial charge in [-0.1, -0.05) is 0 Å². The molecule has 4 N–H and O–H groups in total. The lowest BCUT2D eigenvalue weighted by Crippen LogP contribution is -2.33. The SMILES string of the molecule is Cl.OC[C@H]1O[C@@H](O)[C@@H](O)[C@@H]1O. The molecule has 0 spiro atoms. The fraction of sp³-hybridized carbons (Fsp3) is 1.00. The lowest BCUT2D eigenvalue weighted by atomic mass is 10.1. The Bertz CT molecular complexity index is 121. The molecule has 68 valence electrons. The minimum absolute atomic E-state index is 0. The fourth-order valence-electron chi connectivity index (χ4n) is 0.880. The van der Waals surface area contributed by atoms with Gasteiger partial charge in [-0.25, -0.2) is 0 Å². The van der Waals surface area contributed by atoms with Gasteiger partial charge in [0.1, 0.15) is 18.3 Å². The van der Waals surface area contributed by atoms with Gasteiger partial charge in [-0.05, 0) is 0 Å². The molecule has 0 bridgehead atoms. The normalized spacial score (nSPS) is 43.6. The third kappa shape index (κ3) is 2.02. The van der Waals surface area contributed by atoms with Crippen LogP contribution >= 0.6 is 12.4 Å². The van der Waals surface area contributed by atoms with Crippen LogP contribution in [0.25, 0.3) is 0 Å². The maximum atomic E-state index is 8.93. The summed E-state index contributed by atoms with van der Waals surface area (Å²) >= 11 is 0. The number of aliphatic hydroxyl groups is 4. The molecule has 0 aromatic carbocycles. The maximum Gasteiger partial charge on any atom is 0.184 e. The van der Waals surface area contributed by atoms with Crippen LogP contribution in [-0.4, -0.2) is 51.6 Å². The van der Waals surface area contributed by atoms with Gasteiger partial charge < -0.3 is 25.2 Å². The van der Waals surface area contributed by atoms with E-state index in [4.69, 9.17) is 20.4 Å². The molecule has 1 aliphatic rings. The Morgan fingerprint density at radius 1 is 1.09 bits per heavy atom. The summed E-state index contributed by atoms with van der Waals surface area (Å²) in [5, 5.41) is 35.0. The van der Waals surface area contributed by atoms with Crippen LogP contribution < -0.4 is 0 Å². The second-order valence-electron chi connectivity index (χ2n) is 2.23. The van der Waals surface area contributed by atoms with E-state index < -0.39 is 31.2 Å². The van der Waals surface area contributed by atoms with E-state index in [9.17, 15) is 0 Å². The molecule has 0 unspecified atom stereocenters. The molecule has 6 heteroatoms. The minimum atomic E-state index is -1.38. The van der Waals surface area contributed by atoms with Crippen molar-refractivity contribution in [3.8, 4) is 0 Å². The monoisotopic (exact) mass is 186 g/mol. The minimum Gasteiger partial charge on any atom is -0.394 e. The molecule has 0 radical (unpaired) electrons. The molecule has 1 saturated heterocycles. The van der Waals surface area contributed by atoms with Crippen molar-refractivity contribution in [2.75, 3.05) is 6.61 Å². The van der Waals surface area contributed by atoms with Crippen LogP contribution in [0.5, 0.6) is 0 Å². The van der Waals surface area contributed by atoms with Crippen molar-refractivity contribution in [1.29, 1.82) is 0 Å². The Hall–Kier alpha value is 0.0900. The van der Waals surface area contributed by atoms with E-state index in [1.807, 2.05) is 0 Å². The highest BCUT2D eigenvalue weighted by atomic mass is 35.5. The zero-order valence-corrected chi connectivity index (χ0v) is 6.44. The van der Waals surface area contributed by atoms with Crippen molar-refractivity contribution in [3.05, 3.63) is 0 Å². The van der Waals surface area contributed by atoms with E-state index in [0.29, 0.717) is 0 Å². The summed E-state index contributed by atoms with van der Waals surface area (Å²) in [5.41, 5.74) is 0. The lowest BCUT2D eigenvalue weighted by Gasteiger charge is -2.09. The number of hydrogen-bond donors (Lipinski definition) is 4. The summed E-state index contributed by atoms with van der Waals surface area (Å²) in [6.07, 6.45) is -4.76. The quantitative estimate of drug-likeness (QED) is 0.375. The van der Waals surface area contributed by atoms with Gasteiger partial charge in [0.05, 0.1) is 6.61 Å². The molecular weight excluding hydrogens is 176 g/mol. The fourth-order valence-corrected chi connectivity index (χ4v) is 0.880. The summed E-state index contributed by atoms with van der Waals surface area (Å²) < 4.78 is 4.54. The van der Waals surface area contributed by atoms with Crippen molar-refractivity contribution in [1.82, 2.24) is 0 Å². The Morgan fingerprint density at radius 3 is 1.82 bits per heavy atom. The zero-order valence-electron chi connectivity index (χ0n) is 5.62. The van der Waals surface area contributed by atoms with Crippen molar-refractivity contribution >= 4 is 12.4 Å². The summed E-state index contributed by atoms with van der Waals surface area (Å²) in [5.74, 6) is 0. The zero-order chi connectivity index (χ0) is 7.72. The largest absolute Gasteiger partial charge is 0.394 e. The molecule has 1 heterocycles. The highest BCUT2D eigenvalue weighted by Gasteiger charge is 2.41. The standard InChI is InChI=1S/C5H10O5.ClH/c6-1-2-3(7)4(8)5(9)10-2;/h2-9H,1H2;1H/t2-,3-,4+,5-;/m1./s1. The Kier molecular flexibility index (Phi) is 4.23. The number of rotatable bonds is 1. The van der Waals surface area contributed by atoms with Gasteiger partial charge >= 0.3 is 0 Å². The summed E-state index contributed by atoms with van der Waals surface area (Å²) in [6.45, 7) is -0.407. The molecule has 4 atom stereocenters. The molecule has 5 nitrogen and oxygen atoms in total. The topological polar surface area (TPSA) is 90.2 Å². The van der Waals surface area contributed by atoms with E-state index in [1.165, 1.54) is 0 Å². The van der Waals surface area contributed by atoms with Crippen LogP contribution in [-0.2, 0) is 4.74 Å². The Labute approximate surface area is 69.6 Å². The summed E-state index contributed by atoms with van der Waals surface area (Å²) in [6, 6.07) is 0. The average molecular weight is 187 g/mol. The summed E-state index contributed by atoms with van der Waals surface area (Å²) in [7, 11) is 0. The molecule has 0 amide bonds. The number of hydrogen-bond acceptors (Lipinski definition) is 5. The molecule has 1 rings (SSSR count). The van der Waals surface area contributed by atoms with Crippen LogP contribution in [0.4, 0.5) is 0 Å². The van der Waals surface area contributed by atoms with Gasteiger partial charge in [0.25, 0.3) is 0 Å². The van der Waals surface area contributed by atoms with Gasteiger partial charge in [-0.2, -0.15) is 0 Å². The average Bonchev–Trinajstić information content (AvgIpc) is 2.17. The maximum absolute atomic E-state index is 8.93. The lowest BCUT2D eigenvalue weighted by molar-refractivity contribution is -0.132. The molecular formula is C5H11ClO5. The molecule has 0 aliphatic carbocycles. The highest BCUT2D eigenvalue weighted by molar-refractivity contribution is 5.85. The molecule has 0 aromatic rings. The van der Waals surface area contributed by atoms with Crippen LogP contribution in [0.3, 0.4) is 0 Å². The first-order valence-corrected chi connectivity index (χ1v) is 2.97. The van der Waals surface area contributed by atoms with Crippen LogP contribution in [0.15, 0.2) is 0 Å². The van der Waals surface area contributed by atoms with Gasteiger partial charge in [-0.3, -0.25) is 0 Å². The first-order valence-electron chi connectivity index (χ1n) is 2.97. The molecule has 0 aromatic heterocycles. The Morgan fingerprint density at radius 2 is 1.64 bits per heavy atom. The third-order valence-corrected chi connectivity index (χ3v) is 1.52. The van der Waals surface area contributed by atoms with Gasteiger partial charge in [0, 0.05) is 0 Å². The first kappa shape index (κ1) is 11.1. The molecule has 1 fully saturated rings.